The molecule has 1 saturated heterocycles. The van der Waals surface area contributed by atoms with Gasteiger partial charge in [0.2, 0.25) is 0 Å². The summed E-state index contributed by atoms with van der Waals surface area (Å²) in [4.78, 5) is 25.6. The normalized spacial score (nSPS) is 17.9. The average Bonchev–Trinajstić information content (AvgIpc) is 2.92. The zero-order valence-electron chi connectivity index (χ0n) is 19.4. The number of unbranched alkanes of at least 4 members (excludes halogenated alkanes) is 2. The molecule has 170 valence electrons. The number of hydrogen-bond donors (Lipinski definition) is 2. The van der Waals surface area contributed by atoms with Crippen molar-refractivity contribution in [3.8, 4) is 0 Å². The highest BCUT2D eigenvalue weighted by atomic mass is 16.5. The van der Waals surface area contributed by atoms with Gasteiger partial charge in [0.25, 0.3) is 5.91 Å². The number of rotatable bonds is 16. The first-order valence-corrected chi connectivity index (χ1v) is 11.4. The third-order valence-electron chi connectivity index (χ3n) is 5.90. The van der Waals surface area contributed by atoms with Gasteiger partial charge in [0.1, 0.15) is 6.04 Å². The van der Waals surface area contributed by atoms with Crippen molar-refractivity contribution in [2.24, 2.45) is 10.8 Å². The van der Waals surface area contributed by atoms with Gasteiger partial charge in [0.15, 0.2) is 0 Å². The quantitative estimate of drug-likeness (QED) is 0.289. The summed E-state index contributed by atoms with van der Waals surface area (Å²) in [5.41, 5.74) is 0.217. The number of hydrogen-bond acceptors (Lipinski definition) is 4. The largest absolute Gasteiger partial charge is 0.396 e. The Morgan fingerprint density at radius 2 is 1.48 bits per heavy atom. The van der Waals surface area contributed by atoms with Gasteiger partial charge in [0.05, 0.1) is 0 Å². The van der Waals surface area contributed by atoms with Crippen LogP contribution in [0.25, 0.3) is 0 Å². The molecule has 0 spiro atoms. The number of imide groups is 1. The number of nitrogens with one attached hydrogen (secondary N) is 1. The molecule has 3 amide bonds. The minimum absolute atomic E-state index is 0.0875. The molecular formula is C23H44N2O4. The average molecular weight is 413 g/mol. The van der Waals surface area contributed by atoms with Crippen LogP contribution in [0.2, 0.25) is 0 Å². The summed E-state index contributed by atoms with van der Waals surface area (Å²) in [7, 11) is 0. The molecule has 0 aromatic heterocycles. The molecule has 1 rings (SSSR count). The van der Waals surface area contributed by atoms with E-state index >= 15 is 0 Å². The van der Waals surface area contributed by atoms with Gasteiger partial charge in [-0.05, 0) is 55.8 Å². The summed E-state index contributed by atoms with van der Waals surface area (Å²) in [6.07, 6.45) is 9.01. The number of aliphatic hydroxyl groups excluding tert-OH is 1. The molecule has 6 heteroatoms. The van der Waals surface area contributed by atoms with Gasteiger partial charge in [-0.2, -0.15) is 0 Å². The van der Waals surface area contributed by atoms with Crippen LogP contribution in [0, 0.1) is 10.8 Å². The molecule has 1 fully saturated rings. The lowest BCUT2D eigenvalue weighted by Gasteiger charge is -2.28. The van der Waals surface area contributed by atoms with Gasteiger partial charge in [0, 0.05) is 26.4 Å². The predicted octanol–water partition coefficient (Wildman–Crippen LogP) is 4.50. The van der Waals surface area contributed by atoms with E-state index in [1.165, 1.54) is 11.3 Å². The molecule has 6 nitrogen and oxygen atoms in total. The summed E-state index contributed by atoms with van der Waals surface area (Å²) in [5, 5.41) is 11.7. The Morgan fingerprint density at radius 1 is 0.931 bits per heavy atom. The van der Waals surface area contributed by atoms with Crippen molar-refractivity contribution in [1.29, 1.82) is 0 Å². The molecule has 29 heavy (non-hydrogen) atoms. The minimum Gasteiger partial charge on any atom is -0.396 e. The first-order chi connectivity index (χ1) is 13.6. The molecule has 0 aliphatic carbocycles. The molecule has 0 bridgehead atoms. The Kier molecular flexibility index (Phi) is 11.2. The molecule has 2 N–H and O–H groups in total. The molecule has 1 heterocycles. The standard InChI is InChI=1S/C23H44N2O4/c1-6-19-20(27)25(21(28)24-19)18-23(4,5)13-8-10-17-29-16-9-7-12-22(2,3)14-11-15-26/h19,26H,6-18H2,1-5H3,(H,24,28). The molecule has 1 atom stereocenters. The number of ether oxygens (including phenoxy) is 1. The zero-order chi connectivity index (χ0) is 21.9. The Bertz CT molecular complexity index is 505. The number of aliphatic hydroxyl groups is 1. The maximum absolute atomic E-state index is 12.3. The van der Waals surface area contributed by atoms with Crippen LogP contribution in [-0.4, -0.2) is 54.4 Å². The van der Waals surface area contributed by atoms with Gasteiger partial charge < -0.3 is 15.2 Å². The van der Waals surface area contributed by atoms with E-state index in [0.29, 0.717) is 18.4 Å². The second-order valence-corrected chi connectivity index (χ2v) is 10.0. The molecule has 0 saturated carbocycles. The van der Waals surface area contributed by atoms with E-state index in [1.807, 2.05) is 6.92 Å². The molecule has 1 aliphatic rings. The van der Waals surface area contributed by atoms with Crippen LogP contribution in [-0.2, 0) is 9.53 Å². The van der Waals surface area contributed by atoms with Gasteiger partial charge in [-0.3, -0.25) is 9.69 Å². The van der Waals surface area contributed by atoms with Crippen molar-refractivity contribution in [3.63, 3.8) is 0 Å². The fourth-order valence-electron chi connectivity index (χ4n) is 3.91. The van der Waals surface area contributed by atoms with Crippen LogP contribution < -0.4 is 5.32 Å². The van der Waals surface area contributed by atoms with Crippen LogP contribution in [0.5, 0.6) is 0 Å². The van der Waals surface area contributed by atoms with Gasteiger partial charge in [-0.15, -0.1) is 0 Å². The van der Waals surface area contributed by atoms with Crippen LogP contribution >= 0.6 is 0 Å². The predicted molar refractivity (Wildman–Crippen MR) is 117 cm³/mol. The van der Waals surface area contributed by atoms with E-state index in [4.69, 9.17) is 9.84 Å². The lowest BCUT2D eigenvalue weighted by Crippen LogP contribution is -2.39. The number of carbonyl (C=O) groups excluding carboxylic acids is 2. The second kappa shape index (κ2) is 12.5. The number of amides is 3. The molecule has 1 aliphatic heterocycles. The SMILES string of the molecule is CCC1NC(=O)N(CC(C)(C)CCCCOCCCCC(C)(C)CCCO)C1=O. The van der Waals surface area contributed by atoms with Crippen molar-refractivity contribution in [2.75, 3.05) is 26.4 Å². The summed E-state index contributed by atoms with van der Waals surface area (Å²) >= 11 is 0. The molecular weight excluding hydrogens is 368 g/mol. The van der Waals surface area contributed by atoms with E-state index in [1.54, 1.807) is 0 Å². The summed E-state index contributed by atoms with van der Waals surface area (Å²) in [6, 6.07) is -0.607. The second-order valence-electron chi connectivity index (χ2n) is 10.0. The van der Waals surface area contributed by atoms with E-state index in [9.17, 15) is 9.59 Å². The third kappa shape index (κ3) is 9.94. The summed E-state index contributed by atoms with van der Waals surface area (Å²) in [6.45, 7) is 13.0. The number of urea groups is 1. The monoisotopic (exact) mass is 412 g/mol. The summed E-state index contributed by atoms with van der Waals surface area (Å²) < 4.78 is 5.77. The third-order valence-corrected chi connectivity index (χ3v) is 5.90. The van der Waals surface area contributed by atoms with Crippen molar-refractivity contribution in [1.82, 2.24) is 10.2 Å². The fraction of sp³-hybridized carbons (Fsp3) is 0.913. The first-order valence-electron chi connectivity index (χ1n) is 11.4. The highest BCUT2D eigenvalue weighted by Gasteiger charge is 2.39. The summed E-state index contributed by atoms with van der Waals surface area (Å²) in [5.74, 6) is -0.0894. The fourth-order valence-corrected chi connectivity index (χ4v) is 3.91. The lowest BCUT2D eigenvalue weighted by molar-refractivity contribution is -0.128. The van der Waals surface area contributed by atoms with Crippen LogP contribution in [0.3, 0.4) is 0 Å². The number of nitrogens with zero attached hydrogens (tertiary/aromatic N) is 1. The molecule has 0 radical (unpaired) electrons. The van der Waals surface area contributed by atoms with E-state index < -0.39 is 0 Å². The Balaban J connectivity index is 2.11. The van der Waals surface area contributed by atoms with Crippen LogP contribution in [0.15, 0.2) is 0 Å². The Labute approximate surface area is 177 Å². The number of carbonyl (C=O) groups is 2. The van der Waals surface area contributed by atoms with Crippen molar-refractivity contribution < 1.29 is 19.4 Å². The minimum atomic E-state index is -0.355. The lowest BCUT2D eigenvalue weighted by atomic mass is 9.83. The van der Waals surface area contributed by atoms with Crippen LogP contribution in [0.1, 0.15) is 92.4 Å². The van der Waals surface area contributed by atoms with Gasteiger partial charge in [-0.1, -0.05) is 47.5 Å². The van der Waals surface area contributed by atoms with Gasteiger partial charge in [-0.25, -0.2) is 4.79 Å². The smallest absolute Gasteiger partial charge is 0.324 e. The Hall–Kier alpha value is -1.14. The molecule has 0 aromatic rings. The van der Waals surface area contributed by atoms with Gasteiger partial charge >= 0.3 is 6.03 Å². The van der Waals surface area contributed by atoms with Crippen LogP contribution in [0.4, 0.5) is 4.79 Å². The molecule has 1 unspecified atom stereocenters. The van der Waals surface area contributed by atoms with E-state index in [2.05, 4.69) is 33.0 Å². The highest BCUT2D eigenvalue weighted by molar-refractivity contribution is 6.04. The van der Waals surface area contributed by atoms with Crippen molar-refractivity contribution in [3.05, 3.63) is 0 Å². The first kappa shape index (κ1) is 25.9. The van der Waals surface area contributed by atoms with E-state index in [0.717, 1.165) is 58.2 Å². The Morgan fingerprint density at radius 3 is 2.00 bits per heavy atom. The topological polar surface area (TPSA) is 78.9 Å². The highest BCUT2D eigenvalue weighted by Crippen LogP contribution is 2.29. The maximum Gasteiger partial charge on any atom is 0.324 e. The molecule has 0 aromatic carbocycles. The van der Waals surface area contributed by atoms with Crippen molar-refractivity contribution in [2.45, 2.75) is 98.4 Å². The van der Waals surface area contributed by atoms with Crippen molar-refractivity contribution >= 4 is 11.9 Å². The maximum atomic E-state index is 12.3. The zero-order valence-corrected chi connectivity index (χ0v) is 19.4. The van der Waals surface area contributed by atoms with E-state index in [-0.39, 0.29) is 30.0 Å².